The van der Waals surface area contributed by atoms with Crippen LogP contribution in [0, 0.1) is 5.82 Å². The number of hydrogen-bond donors (Lipinski definition) is 0. The number of nitrogens with zero attached hydrogens (tertiary/aromatic N) is 2. The van der Waals surface area contributed by atoms with Gasteiger partial charge < -0.3 is 4.90 Å². The summed E-state index contributed by atoms with van der Waals surface area (Å²) in [6.45, 7) is 7.07. The number of hydrogen-bond acceptors (Lipinski definition) is 2. The van der Waals surface area contributed by atoms with E-state index in [1.54, 1.807) is 17.0 Å². The number of likely N-dealkylation sites (N-methyl/N-ethyl adjacent to an activating group) is 1. The Balaban J connectivity index is 1.89. The lowest BCUT2D eigenvalue weighted by Crippen LogP contribution is -2.49. The molecule has 1 aliphatic rings. The van der Waals surface area contributed by atoms with E-state index in [4.69, 9.17) is 0 Å². The van der Waals surface area contributed by atoms with Gasteiger partial charge in [-0.05, 0) is 57.7 Å². The van der Waals surface area contributed by atoms with Crippen molar-refractivity contribution in [3.8, 4) is 0 Å². The van der Waals surface area contributed by atoms with Gasteiger partial charge in [-0.25, -0.2) is 4.39 Å². The van der Waals surface area contributed by atoms with Gasteiger partial charge in [-0.2, -0.15) is 0 Å². The lowest BCUT2D eigenvalue weighted by molar-refractivity contribution is -0.136. The van der Waals surface area contributed by atoms with Gasteiger partial charge in [0, 0.05) is 25.7 Å². The van der Waals surface area contributed by atoms with Crippen LogP contribution in [0.25, 0.3) is 0 Å². The summed E-state index contributed by atoms with van der Waals surface area (Å²) in [7, 11) is 1.85. The van der Waals surface area contributed by atoms with E-state index in [-0.39, 0.29) is 17.8 Å². The largest absolute Gasteiger partial charge is 0.344 e. The van der Waals surface area contributed by atoms with Crippen molar-refractivity contribution in [2.45, 2.75) is 58.2 Å². The molecule has 1 aromatic carbocycles. The smallest absolute Gasteiger partial charge is 0.239 e. The van der Waals surface area contributed by atoms with Gasteiger partial charge in [0.1, 0.15) is 5.82 Å². The molecule has 0 N–H and O–H groups in total. The maximum atomic E-state index is 12.9. The SMILES string of the molecule is C[C@@H]1CC[C@H](C)N1[C@H](C)C(=O)N(C)CCc1ccc(F)cc1. The van der Waals surface area contributed by atoms with Crippen LogP contribution in [0.15, 0.2) is 24.3 Å². The first-order valence-corrected chi connectivity index (χ1v) is 8.17. The van der Waals surface area contributed by atoms with Gasteiger partial charge >= 0.3 is 0 Å². The van der Waals surface area contributed by atoms with E-state index in [2.05, 4.69) is 18.7 Å². The summed E-state index contributed by atoms with van der Waals surface area (Å²) in [5, 5.41) is 0. The number of rotatable bonds is 5. The van der Waals surface area contributed by atoms with Gasteiger partial charge in [0.05, 0.1) is 6.04 Å². The van der Waals surface area contributed by atoms with Crippen LogP contribution in [-0.4, -0.2) is 47.4 Å². The van der Waals surface area contributed by atoms with E-state index in [1.165, 1.54) is 12.1 Å². The Bertz CT molecular complexity index is 492. The molecule has 2 rings (SSSR count). The summed E-state index contributed by atoms with van der Waals surface area (Å²) < 4.78 is 12.9. The Kier molecular flexibility index (Phi) is 5.57. The zero-order valence-corrected chi connectivity index (χ0v) is 14.1. The molecule has 0 aromatic heterocycles. The second kappa shape index (κ2) is 7.23. The molecule has 122 valence electrons. The second-order valence-corrected chi connectivity index (χ2v) is 6.53. The van der Waals surface area contributed by atoms with E-state index in [0.717, 1.165) is 24.8 Å². The molecule has 3 atom stereocenters. The molecule has 1 aliphatic heterocycles. The number of halogens is 1. The molecule has 0 bridgehead atoms. The van der Waals surface area contributed by atoms with Crippen molar-refractivity contribution in [1.82, 2.24) is 9.80 Å². The monoisotopic (exact) mass is 306 g/mol. The lowest BCUT2D eigenvalue weighted by Gasteiger charge is -2.34. The molecular weight excluding hydrogens is 279 g/mol. The fourth-order valence-electron chi connectivity index (χ4n) is 3.48. The molecule has 0 aliphatic carbocycles. The standard InChI is InChI=1S/C18H27FN2O/c1-13-5-6-14(2)21(13)15(3)18(22)20(4)12-11-16-7-9-17(19)10-8-16/h7-10,13-15H,5-6,11-12H2,1-4H3/t13-,14+,15-/m1/s1. The fourth-order valence-corrected chi connectivity index (χ4v) is 3.48. The van der Waals surface area contributed by atoms with Gasteiger partial charge in [-0.1, -0.05) is 12.1 Å². The van der Waals surface area contributed by atoms with Crippen LogP contribution in [-0.2, 0) is 11.2 Å². The lowest BCUT2D eigenvalue weighted by atomic mass is 10.1. The molecule has 1 aromatic rings. The molecule has 0 saturated carbocycles. The summed E-state index contributed by atoms with van der Waals surface area (Å²) in [6, 6.07) is 7.36. The molecule has 0 unspecified atom stereocenters. The average molecular weight is 306 g/mol. The van der Waals surface area contributed by atoms with Gasteiger partial charge in [0.15, 0.2) is 0 Å². The molecule has 0 spiro atoms. The summed E-state index contributed by atoms with van der Waals surface area (Å²) in [4.78, 5) is 16.7. The normalized spacial score (nSPS) is 23.5. The molecule has 22 heavy (non-hydrogen) atoms. The third-order valence-electron chi connectivity index (χ3n) is 4.85. The molecule has 3 nitrogen and oxygen atoms in total. The van der Waals surface area contributed by atoms with Crippen molar-refractivity contribution in [3.05, 3.63) is 35.6 Å². The van der Waals surface area contributed by atoms with Crippen LogP contribution in [0.3, 0.4) is 0 Å². The first-order valence-electron chi connectivity index (χ1n) is 8.17. The van der Waals surface area contributed by atoms with Crippen molar-refractivity contribution < 1.29 is 9.18 Å². The van der Waals surface area contributed by atoms with Crippen molar-refractivity contribution >= 4 is 5.91 Å². The van der Waals surface area contributed by atoms with Crippen molar-refractivity contribution in [2.75, 3.05) is 13.6 Å². The maximum absolute atomic E-state index is 12.9. The van der Waals surface area contributed by atoms with Crippen LogP contribution in [0.5, 0.6) is 0 Å². The summed E-state index contributed by atoms with van der Waals surface area (Å²) in [6.07, 6.45) is 3.08. The maximum Gasteiger partial charge on any atom is 0.239 e. The molecule has 1 heterocycles. The number of benzene rings is 1. The number of carbonyl (C=O) groups excluding carboxylic acids is 1. The van der Waals surface area contributed by atoms with E-state index < -0.39 is 0 Å². The number of amides is 1. The summed E-state index contributed by atoms with van der Waals surface area (Å²) in [5.74, 6) is -0.0541. The van der Waals surface area contributed by atoms with Crippen molar-refractivity contribution in [1.29, 1.82) is 0 Å². The average Bonchev–Trinajstić information content (AvgIpc) is 2.84. The summed E-state index contributed by atoms with van der Waals surface area (Å²) >= 11 is 0. The predicted octanol–water partition coefficient (Wildman–Crippen LogP) is 3.09. The van der Waals surface area contributed by atoms with Crippen LogP contribution in [0.1, 0.15) is 39.2 Å². The highest BCUT2D eigenvalue weighted by Crippen LogP contribution is 2.26. The Morgan fingerprint density at radius 1 is 1.27 bits per heavy atom. The highest BCUT2D eigenvalue weighted by atomic mass is 19.1. The molecule has 4 heteroatoms. The van der Waals surface area contributed by atoms with Crippen LogP contribution >= 0.6 is 0 Å². The molecule has 1 amide bonds. The fraction of sp³-hybridized carbons (Fsp3) is 0.611. The molecule has 0 radical (unpaired) electrons. The molecular formula is C18H27FN2O. The Morgan fingerprint density at radius 2 is 1.82 bits per heavy atom. The zero-order valence-electron chi connectivity index (χ0n) is 14.1. The minimum absolute atomic E-state index is 0.0780. The van der Waals surface area contributed by atoms with Crippen LogP contribution in [0.4, 0.5) is 4.39 Å². The third kappa shape index (κ3) is 3.86. The van der Waals surface area contributed by atoms with Gasteiger partial charge in [-0.15, -0.1) is 0 Å². The first kappa shape index (κ1) is 16.9. The van der Waals surface area contributed by atoms with Crippen molar-refractivity contribution in [3.63, 3.8) is 0 Å². The highest BCUT2D eigenvalue weighted by molar-refractivity contribution is 5.81. The predicted molar refractivity (Wildman–Crippen MR) is 87.2 cm³/mol. The Morgan fingerprint density at radius 3 is 2.36 bits per heavy atom. The van der Waals surface area contributed by atoms with Crippen molar-refractivity contribution in [2.24, 2.45) is 0 Å². The first-order chi connectivity index (χ1) is 10.4. The quantitative estimate of drug-likeness (QED) is 0.834. The number of likely N-dealkylation sites (tertiary alicyclic amines) is 1. The topological polar surface area (TPSA) is 23.6 Å². The highest BCUT2D eigenvalue weighted by Gasteiger charge is 2.35. The summed E-state index contributed by atoms with van der Waals surface area (Å²) in [5.41, 5.74) is 1.05. The zero-order chi connectivity index (χ0) is 16.3. The van der Waals surface area contributed by atoms with E-state index in [0.29, 0.717) is 18.6 Å². The Labute approximate surface area is 133 Å². The van der Waals surface area contributed by atoms with E-state index in [9.17, 15) is 9.18 Å². The van der Waals surface area contributed by atoms with Crippen LogP contribution < -0.4 is 0 Å². The minimum atomic E-state index is -0.223. The second-order valence-electron chi connectivity index (χ2n) is 6.53. The van der Waals surface area contributed by atoms with E-state index >= 15 is 0 Å². The van der Waals surface area contributed by atoms with Gasteiger partial charge in [0.25, 0.3) is 0 Å². The third-order valence-corrected chi connectivity index (χ3v) is 4.85. The van der Waals surface area contributed by atoms with E-state index in [1.807, 2.05) is 14.0 Å². The van der Waals surface area contributed by atoms with Crippen LogP contribution in [0.2, 0.25) is 0 Å². The van der Waals surface area contributed by atoms with Gasteiger partial charge in [0.2, 0.25) is 5.91 Å². The molecule has 1 saturated heterocycles. The minimum Gasteiger partial charge on any atom is -0.344 e. The Hall–Kier alpha value is -1.42. The molecule has 1 fully saturated rings. The van der Waals surface area contributed by atoms with Gasteiger partial charge in [-0.3, -0.25) is 9.69 Å². The number of carbonyl (C=O) groups is 1.